The predicted molar refractivity (Wildman–Crippen MR) is 107 cm³/mol. The summed E-state index contributed by atoms with van der Waals surface area (Å²) in [6, 6.07) is 12.3. The van der Waals surface area contributed by atoms with Crippen LogP contribution in [-0.4, -0.2) is 33.6 Å². The van der Waals surface area contributed by atoms with Gasteiger partial charge in [-0.05, 0) is 35.9 Å². The summed E-state index contributed by atoms with van der Waals surface area (Å²) in [5, 5.41) is 0. The molecule has 0 saturated carbocycles. The van der Waals surface area contributed by atoms with Crippen LogP contribution >= 0.6 is 0 Å². The molecule has 4 rings (SSSR count). The zero-order valence-electron chi connectivity index (χ0n) is 15.5. The quantitative estimate of drug-likeness (QED) is 0.548. The Morgan fingerprint density at radius 2 is 1.82 bits per heavy atom. The Morgan fingerprint density at radius 1 is 1.00 bits per heavy atom. The van der Waals surface area contributed by atoms with E-state index >= 15 is 0 Å². The molecule has 0 bridgehead atoms. The van der Waals surface area contributed by atoms with Crippen molar-refractivity contribution in [3.63, 3.8) is 0 Å². The van der Waals surface area contributed by atoms with Gasteiger partial charge in [0.05, 0.1) is 12.7 Å². The van der Waals surface area contributed by atoms with E-state index < -0.39 is 0 Å². The molecule has 0 N–H and O–H groups in total. The SMILES string of the molecule is CN(C)c1ccc(-c2ccc(Cn3c(=O)cnc4cccnc43)c(F)c2)cn1. The van der Waals surface area contributed by atoms with Gasteiger partial charge in [0, 0.05) is 37.6 Å². The molecule has 28 heavy (non-hydrogen) atoms. The number of hydrogen-bond donors (Lipinski definition) is 0. The molecule has 140 valence electrons. The molecule has 0 atom stereocenters. The van der Waals surface area contributed by atoms with Crippen molar-refractivity contribution < 1.29 is 4.39 Å². The summed E-state index contributed by atoms with van der Waals surface area (Å²) in [6.45, 7) is 0.0821. The molecule has 0 unspecified atom stereocenters. The van der Waals surface area contributed by atoms with E-state index in [-0.39, 0.29) is 17.9 Å². The van der Waals surface area contributed by atoms with Crippen LogP contribution in [0.25, 0.3) is 22.3 Å². The number of aromatic nitrogens is 4. The highest BCUT2D eigenvalue weighted by Crippen LogP contribution is 2.23. The number of hydrogen-bond acceptors (Lipinski definition) is 5. The summed E-state index contributed by atoms with van der Waals surface area (Å²) >= 11 is 0. The third-order valence-corrected chi connectivity index (χ3v) is 4.52. The largest absolute Gasteiger partial charge is 0.363 e. The van der Waals surface area contributed by atoms with Gasteiger partial charge in [-0.15, -0.1) is 0 Å². The first-order chi connectivity index (χ1) is 13.5. The van der Waals surface area contributed by atoms with E-state index in [0.29, 0.717) is 16.7 Å². The third kappa shape index (κ3) is 3.34. The van der Waals surface area contributed by atoms with Gasteiger partial charge in [0.1, 0.15) is 17.2 Å². The highest BCUT2D eigenvalue weighted by molar-refractivity contribution is 5.69. The normalized spacial score (nSPS) is 11.0. The highest BCUT2D eigenvalue weighted by Gasteiger charge is 2.11. The summed E-state index contributed by atoms with van der Waals surface area (Å²) in [5.74, 6) is 0.444. The van der Waals surface area contributed by atoms with Crippen molar-refractivity contribution in [1.29, 1.82) is 0 Å². The number of halogens is 1. The van der Waals surface area contributed by atoms with Crippen molar-refractivity contribution in [2.24, 2.45) is 0 Å². The molecule has 1 aromatic carbocycles. The van der Waals surface area contributed by atoms with Gasteiger partial charge in [-0.25, -0.2) is 19.3 Å². The lowest BCUT2D eigenvalue weighted by Gasteiger charge is -2.12. The Labute approximate surface area is 160 Å². The second kappa shape index (κ2) is 7.19. The molecule has 0 aliphatic rings. The maximum Gasteiger partial charge on any atom is 0.270 e. The predicted octanol–water partition coefficient (Wildman–Crippen LogP) is 3.11. The molecule has 0 aliphatic heterocycles. The molecular formula is C21H18FN5O. The molecule has 0 saturated heterocycles. The Kier molecular flexibility index (Phi) is 4.57. The van der Waals surface area contributed by atoms with E-state index in [1.54, 1.807) is 30.6 Å². The molecule has 0 spiro atoms. The van der Waals surface area contributed by atoms with Crippen LogP contribution in [0.15, 0.2) is 65.8 Å². The van der Waals surface area contributed by atoms with Gasteiger partial charge in [0.2, 0.25) is 0 Å². The van der Waals surface area contributed by atoms with Crippen molar-refractivity contribution in [3.05, 3.63) is 82.8 Å². The first-order valence-electron chi connectivity index (χ1n) is 8.75. The molecule has 6 nitrogen and oxygen atoms in total. The summed E-state index contributed by atoms with van der Waals surface area (Å²) < 4.78 is 16.2. The molecule has 3 aromatic heterocycles. The number of pyridine rings is 2. The zero-order chi connectivity index (χ0) is 19.7. The molecule has 0 radical (unpaired) electrons. The second-order valence-electron chi connectivity index (χ2n) is 6.63. The Hall–Kier alpha value is -3.61. The van der Waals surface area contributed by atoms with Crippen LogP contribution in [0.1, 0.15) is 5.56 Å². The maximum absolute atomic E-state index is 14.8. The Morgan fingerprint density at radius 3 is 2.54 bits per heavy atom. The average Bonchev–Trinajstić information content (AvgIpc) is 2.71. The molecule has 3 heterocycles. The summed E-state index contributed by atoms with van der Waals surface area (Å²) in [5.41, 5.74) is 2.65. The van der Waals surface area contributed by atoms with E-state index in [1.807, 2.05) is 37.2 Å². The lowest BCUT2D eigenvalue weighted by Crippen LogP contribution is -2.22. The van der Waals surface area contributed by atoms with E-state index in [4.69, 9.17) is 0 Å². The van der Waals surface area contributed by atoms with Crippen molar-refractivity contribution in [3.8, 4) is 11.1 Å². The lowest BCUT2D eigenvalue weighted by molar-refractivity contribution is 0.599. The number of nitrogens with zero attached hydrogens (tertiary/aromatic N) is 5. The van der Waals surface area contributed by atoms with Crippen LogP contribution in [-0.2, 0) is 6.54 Å². The molecule has 0 fully saturated rings. The minimum Gasteiger partial charge on any atom is -0.363 e. The highest BCUT2D eigenvalue weighted by atomic mass is 19.1. The van der Waals surface area contributed by atoms with Crippen molar-refractivity contribution >= 4 is 17.0 Å². The Balaban J connectivity index is 1.68. The summed E-state index contributed by atoms with van der Waals surface area (Å²) in [7, 11) is 3.83. The van der Waals surface area contributed by atoms with Crippen molar-refractivity contribution in [2.45, 2.75) is 6.54 Å². The van der Waals surface area contributed by atoms with E-state index in [0.717, 1.165) is 16.9 Å². The van der Waals surface area contributed by atoms with Crippen LogP contribution < -0.4 is 10.5 Å². The smallest absolute Gasteiger partial charge is 0.270 e. The topological polar surface area (TPSA) is 63.9 Å². The van der Waals surface area contributed by atoms with E-state index in [9.17, 15) is 9.18 Å². The van der Waals surface area contributed by atoms with Gasteiger partial charge in [0.15, 0.2) is 5.65 Å². The van der Waals surface area contributed by atoms with E-state index in [2.05, 4.69) is 15.0 Å². The fraction of sp³-hybridized carbons (Fsp3) is 0.143. The van der Waals surface area contributed by atoms with Crippen LogP contribution in [0, 0.1) is 5.82 Å². The first-order valence-corrected chi connectivity index (χ1v) is 8.75. The monoisotopic (exact) mass is 375 g/mol. The molecule has 0 amide bonds. The van der Waals surface area contributed by atoms with Crippen LogP contribution in [0.3, 0.4) is 0 Å². The second-order valence-corrected chi connectivity index (χ2v) is 6.63. The van der Waals surface area contributed by atoms with Gasteiger partial charge in [0.25, 0.3) is 5.56 Å². The lowest BCUT2D eigenvalue weighted by atomic mass is 10.0. The number of rotatable bonds is 4. The van der Waals surface area contributed by atoms with Crippen LogP contribution in [0.4, 0.5) is 10.2 Å². The fourth-order valence-electron chi connectivity index (χ4n) is 3.00. The Bertz CT molecular complexity index is 1200. The van der Waals surface area contributed by atoms with Gasteiger partial charge >= 0.3 is 0 Å². The van der Waals surface area contributed by atoms with Crippen LogP contribution in [0.5, 0.6) is 0 Å². The number of fused-ring (bicyclic) bond motifs is 1. The van der Waals surface area contributed by atoms with Gasteiger partial charge < -0.3 is 4.90 Å². The number of anilines is 1. The number of benzene rings is 1. The van der Waals surface area contributed by atoms with E-state index in [1.165, 1.54) is 16.8 Å². The first kappa shape index (κ1) is 17.8. The van der Waals surface area contributed by atoms with Crippen LogP contribution in [0.2, 0.25) is 0 Å². The molecule has 4 aromatic rings. The fourth-order valence-corrected chi connectivity index (χ4v) is 3.00. The average molecular weight is 375 g/mol. The minimum absolute atomic E-state index is 0.0821. The summed E-state index contributed by atoms with van der Waals surface area (Å²) in [4.78, 5) is 26.8. The minimum atomic E-state index is -0.387. The van der Waals surface area contributed by atoms with Gasteiger partial charge in [-0.2, -0.15) is 0 Å². The molecule has 7 heteroatoms. The van der Waals surface area contributed by atoms with Crippen molar-refractivity contribution in [2.75, 3.05) is 19.0 Å². The molecule has 0 aliphatic carbocycles. The standard InChI is InChI=1S/C21H18FN5O/c1-26(2)19-8-7-15(11-25-19)14-5-6-16(17(22)10-14)13-27-20(28)12-24-18-4-3-9-23-21(18)27/h3-12H,13H2,1-2H3. The van der Waals surface area contributed by atoms with Gasteiger partial charge in [-0.1, -0.05) is 12.1 Å². The van der Waals surface area contributed by atoms with Crippen molar-refractivity contribution in [1.82, 2.24) is 19.5 Å². The molecular weight excluding hydrogens is 357 g/mol. The maximum atomic E-state index is 14.8. The zero-order valence-corrected chi connectivity index (χ0v) is 15.5. The third-order valence-electron chi connectivity index (χ3n) is 4.52. The summed E-state index contributed by atoms with van der Waals surface area (Å²) in [6.07, 6.45) is 4.53. The van der Waals surface area contributed by atoms with Gasteiger partial charge in [-0.3, -0.25) is 9.36 Å².